The normalized spacial score (nSPS) is 17.6. The average Bonchev–Trinajstić information content (AvgIpc) is 2.55. The highest BCUT2D eigenvalue weighted by molar-refractivity contribution is 7.89. The number of hydrogen-bond acceptors (Lipinski definition) is 3. The third kappa shape index (κ3) is 3.23. The van der Waals surface area contributed by atoms with Gasteiger partial charge in [0.15, 0.2) is 11.6 Å². The fourth-order valence-electron chi connectivity index (χ4n) is 2.95. The maximum atomic E-state index is 13.8. The van der Waals surface area contributed by atoms with Crippen LogP contribution in [0.2, 0.25) is 0 Å². The summed E-state index contributed by atoms with van der Waals surface area (Å²) in [5.41, 5.74) is 2.16. The van der Waals surface area contributed by atoms with Crippen LogP contribution in [0.3, 0.4) is 0 Å². The van der Waals surface area contributed by atoms with Crippen molar-refractivity contribution in [1.29, 1.82) is 0 Å². The summed E-state index contributed by atoms with van der Waals surface area (Å²) in [6.45, 7) is 0. The monoisotopic (exact) mass is 335 g/mol. The maximum absolute atomic E-state index is 13.8. The van der Waals surface area contributed by atoms with Gasteiger partial charge in [0.2, 0.25) is 10.0 Å². The number of ether oxygens (including phenoxy) is 1. The minimum absolute atomic E-state index is 0.0203. The van der Waals surface area contributed by atoms with Gasteiger partial charge in [-0.25, -0.2) is 17.5 Å². The standard InChI is InChI=1S/C17H18FNO3S/c1-22-17-10-9-13(11-15(17)18)23(20,21)19-16-8-4-6-12-5-2-3-7-14(12)16/h2-3,5,7,9-11,16,19H,4,6,8H2,1H3/t16-/m1/s1. The Balaban J connectivity index is 1.89. The van der Waals surface area contributed by atoms with Crippen LogP contribution in [-0.2, 0) is 16.4 Å². The van der Waals surface area contributed by atoms with Crippen LogP contribution in [-0.4, -0.2) is 15.5 Å². The molecule has 23 heavy (non-hydrogen) atoms. The second kappa shape index (κ2) is 6.29. The fraction of sp³-hybridized carbons (Fsp3) is 0.294. The van der Waals surface area contributed by atoms with Crippen molar-refractivity contribution >= 4 is 10.0 Å². The molecule has 0 amide bonds. The highest BCUT2D eigenvalue weighted by Crippen LogP contribution is 2.31. The van der Waals surface area contributed by atoms with Gasteiger partial charge in [0.05, 0.1) is 12.0 Å². The molecule has 1 N–H and O–H groups in total. The molecule has 0 bridgehead atoms. The van der Waals surface area contributed by atoms with Gasteiger partial charge in [0.25, 0.3) is 0 Å². The van der Waals surface area contributed by atoms with Gasteiger partial charge >= 0.3 is 0 Å². The topological polar surface area (TPSA) is 55.4 Å². The number of fused-ring (bicyclic) bond motifs is 1. The number of halogens is 1. The van der Waals surface area contributed by atoms with Gasteiger partial charge in [-0.05, 0) is 48.6 Å². The van der Waals surface area contributed by atoms with Gasteiger partial charge in [-0.3, -0.25) is 0 Å². The lowest BCUT2D eigenvalue weighted by atomic mass is 9.88. The molecule has 122 valence electrons. The van der Waals surface area contributed by atoms with Crippen molar-refractivity contribution in [2.24, 2.45) is 0 Å². The van der Waals surface area contributed by atoms with Crippen molar-refractivity contribution in [3.8, 4) is 5.75 Å². The van der Waals surface area contributed by atoms with E-state index in [4.69, 9.17) is 4.74 Å². The van der Waals surface area contributed by atoms with Crippen LogP contribution in [0.5, 0.6) is 5.75 Å². The summed E-state index contributed by atoms with van der Waals surface area (Å²) in [4.78, 5) is -0.0983. The molecule has 0 saturated heterocycles. The highest BCUT2D eigenvalue weighted by Gasteiger charge is 2.26. The number of aryl methyl sites for hydroxylation is 1. The third-order valence-corrected chi connectivity index (χ3v) is 5.57. The summed E-state index contributed by atoms with van der Waals surface area (Å²) in [6.07, 6.45) is 2.60. The van der Waals surface area contributed by atoms with Crippen LogP contribution >= 0.6 is 0 Å². The number of rotatable bonds is 4. The van der Waals surface area contributed by atoms with Crippen molar-refractivity contribution in [2.75, 3.05) is 7.11 Å². The molecule has 0 saturated carbocycles. The van der Waals surface area contributed by atoms with Gasteiger partial charge in [-0.15, -0.1) is 0 Å². The summed E-state index contributed by atoms with van der Waals surface area (Å²) in [6, 6.07) is 11.2. The first-order chi connectivity index (χ1) is 11.0. The molecule has 0 aromatic heterocycles. The van der Waals surface area contributed by atoms with Crippen LogP contribution in [0.1, 0.15) is 30.0 Å². The van der Waals surface area contributed by atoms with Crippen molar-refractivity contribution in [3.05, 3.63) is 59.4 Å². The molecule has 1 aliphatic rings. The summed E-state index contributed by atoms with van der Waals surface area (Å²) in [7, 11) is -2.46. The molecule has 0 heterocycles. The van der Waals surface area contributed by atoms with E-state index < -0.39 is 15.8 Å². The molecule has 1 atom stereocenters. The first-order valence-electron chi connectivity index (χ1n) is 7.45. The van der Waals surface area contributed by atoms with Crippen LogP contribution in [0.25, 0.3) is 0 Å². The molecule has 4 nitrogen and oxygen atoms in total. The molecular weight excluding hydrogens is 317 g/mol. The fourth-order valence-corrected chi connectivity index (χ4v) is 4.21. The Kier molecular flexibility index (Phi) is 4.37. The number of benzene rings is 2. The van der Waals surface area contributed by atoms with Gasteiger partial charge in [0.1, 0.15) is 0 Å². The predicted octanol–water partition coefficient (Wildman–Crippen LogP) is 3.19. The lowest BCUT2D eigenvalue weighted by Crippen LogP contribution is -2.31. The number of nitrogens with one attached hydrogen (secondary N) is 1. The molecule has 0 radical (unpaired) electrons. The molecule has 0 spiro atoms. The quantitative estimate of drug-likeness (QED) is 0.933. The first-order valence-corrected chi connectivity index (χ1v) is 8.93. The second-order valence-corrected chi connectivity index (χ2v) is 7.28. The molecule has 2 aromatic carbocycles. The molecule has 0 aliphatic heterocycles. The Bertz CT molecular complexity index is 820. The average molecular weight is 335 g/mol. The van der Waals surface area contributed by atoms with Crippen LogP contribution in [0.4, 0.5) is 4.39 Å². The highest BCUT2D eigenvalue weighted by atomic mass is 32.2. The lowest BCUT2D eigenvalue weighted by molar-refractivity contribution is 0.385. The second-order valence-electron chi connectivity index (χ2n) is 5.56. The van der Waals surface area contributed by atoms with Crippen molar-refractivity contribution < 1.29 is 17.5 Å². The first kappa shape index (κ1) is 16.0. The molecule has 0 fully saturated rings. The summed E-state index contributed by atoms with van der Waals surface area (Å²) >= 11 is 0. The van der Waals surface area contributed by atoms with E-state index >= 15 is 0 Å². The van der Waals surface area contributed by atoms with Gasteiger partial charge in [-0.2, -0.15) is 0 Å². The van der Waals surface area contributed by atoms with E-state index in [9.17, 15) is 12.8 Å². The Labute approximate surface area is 135 Å². The van der Waals surface area contributed by atoms with Gasteiger partial charge < -0.3 is 4.74 Å². The third-order valence-electron chi connectivity index (χ3n) is 4.10. The Morgan fingerprint density at radius 1 is 1.22 bits per heavy atom. The molecule has 0 unspecified atom stereocenters. The molecule has 6 heteroatoms. The minimum Gasteiger partial charge on any atom is -0.494 e. The van der Waals surface area contributed by atoms with E-state index in [0.717, 1.165) is 36.5 Å². The zero-order chi connectivity index (χ0) is 16.4. The van der Waals surface area contributed by atoms with Crippen molar-refractivity contribution in [1.82, 2.24) is 4.72 Å². The van der Waals surface area contributed by atoms with Crippen LogP contribution < -0.4 is 9.46 Å². The van der Waals surface area contributed by atoms with E-state index in [1.165, 1.54) is 19.2 Å². The Hall–Kier alpha value is -1.92. The zero-order valence-corrected chi connectivity index (χ0v) is 13.6. The van der Waals surface area contributed by atoms with Gasteiger partial charge in [-0.1, -0.05) is 24.3 Å². The molecular formula is C17H18FNO3S. The SMILES string of the molecule is COc1ccc(S(=O)(=O)N[C@@H]2CCCc3ccccc32)cc1F. The molecule has 2 aromatic rings. The zero-order valence-electron chi connectivity index (χ0n) is 12.8. The minimum atomic E-state index is -3.80. The Morgan fingerprint density at radius 2 is 2.00 bits per heavy atom. The van der Waals surface area contributed by atoms with E-state index in [1.807, 2.05) is 24.3 Å². The summed E-state index contributed by atoms with van der Waals surface area (Å²) < 4.78 is 46.4. The maximum Gasteiger partial charge on any atom is 0.241 e. The van der Waals surface area contributed by atoms with Gasteiger partial charge in [0, 0.05) is 6.04 Å². The van der Waals surface area contributed by atoms with Crippen LogP contribution in [0, 0.1) is 5.82 Å². The van der Waals surface area contributed by atoms with Crippen molar-refractivity contribution in [2.45, 2.75) is 30.2 Å². The number of sulfonamides is 1. The Morgan fingerprint density at radius 3 is 2.74 bits per heavy atom. The number of hydrogen-bond donors (Lipinski definition) is 1. The van der Waals surface area contributed by atoms with Crippen molar-refractivity contribution in [3.63, 3.8) is 0 Å². The lowest BCUT2D eigenvalue weighted by Gasteiger charge is -2.26. The van der Waals surface area contributed by atoms with Crippen LogP contribution in [0.15, 0.2) is 47.4 Å². The smallest absolute Gasteiger partial charge is 0.241 e. The number of methoxy groups -OCH3 is 1. The summed E-state index contributed by atoms with van der Waals surface area (Å²) in [5, 5.41) is 0. The largest absolute Gasteiger partial charge is 0.494 e. The van der Waals surface area contributed by atoms with E-state index in [0.29, 0.717) is 0 Å². The molecule has 3 rings (SSSR count). The summed E-state index contributed by atoms with van der Waals surface area (Å²) in [5.74, 6) is -0.675. The predicted molar refractivity (Wildman–Crippen MR) is 85.4 cm³/mol. The van der Waals surface area contributed by atoms with E-state index in [-0.39, 0.29) is 16.7 Å². The van der Waals surface area contributed by atoms with E-state index in [1.54, 1.807) is 0 Å². The molecule has 1 aliphatic carbocycles. The van der Waals surface area contributed by atoms with E-state index in [2.05, 4.69) is 4.72 Å².